The molecule has 2 aromatic heterocycles. The second-order valence-corrected chi connectivity index (χ2v) is 5.12. The monoisotopic (exact) mass is 316 g/mol. The van der Waals surface area contributed by atoms with Crippen molar-refractivity contribution in [2.24, 2.45) is 0 Å². The van der Waals surface area contributed by atoms with Crippen molar-refractivity contribution in [1.29, 1.82) is 0 Å². The highest BCUT2D eigenvalue weighted by atomic mass is 79.9. The molecule has 0 fully saturated rings. The van der Waals surface area contributed by atoms with E-state index in [-0.39, 0.29) is 0 Å². The summed E-state index contributed by atoms with van der Waals surface area (Å²) in [6.07, 6.45) is 0. The highest BCUT2D eigenvalue weighted by molar-refractivity contribution is 9.10. The minimum Gasteiger partial charge on any atom is -0.246 e. The van der Waals surface area contributed by atoms with Gasteiger partial charge in [-0.15, -0.1) is 10.2 Å². The van der Waals surface area contributed by atoms with Gasteiger partial charge in [-0.2, -0.15) is 5.10 Å². The van der Waals surface area contributed by atoms with Crippen LogP contribution in [-0.4, -0.2) is 20.0 Å². The van der Waals surface area contributed by atoms with Crippen LogP contribution >= 0.6 is 15.9 Å². The summed E-state index contributed by atoms with van der Waals surface area (Å²) < 4.78 is 2.83. The first-order valence-corrected chi connectivity index (χ1v) is 6.96. The third kappa shape index (κ3) is 1.94. The van der Waals surface area contributed by atoms with Crippen molar-refractivity contribution in [2.45, 2.75) is 20.4 Å². The lowest BCUT2D eigenvalue weighted by Crippen LogP contribution is -1.99. The lowest BCUT2D eigenvalue weighted by molar-refractivity contribution is 0.665. The first kappa shape index (κ1) is 12.3. The molecule has 0 N–H and O–H groups in total. The molecule has 0 saturated carbocycles. The highest BCUT2D eigenvalue weighted by Crippen LogP contribution is 2.33. The van der Waals surface area contributed by atoms with Crippen molar-refractivity contribution in [3.05, 3.63) is 40.5 Å². The van der Waals surface area contributed by atoms with Crippen molar-refractivity contribution in [3.8, 4) is 11.3 Å². The maximum absolute atomic E-state index is 4.49. The number of nitrogens with zero attached hydrogens (tertiary/aromatic N) is 4. The number of halogens is 1. The first-order chi connectivity index (χ1) is 9.22. The van der Waals surface area contributed by atoms with E-state index in [1.807, 2.05) is 48.9 Å². The van der Waals surface area contributed by atoms with Crippen LogP contribution in [0.15, 0.2) is 34.8 Å². The Bertz CT molecular complexity index is 734. The Labute approximate surface area is 119 Å². The summed E-state index contributed by atoms with van der Waals surface area (Å²) in [5, 5.41) is 14.2. The van der Waals surface area contributed by atoms with E-state index in [2.05, 4.69) is 31.2 Å². The summed E-state index contributed by atoms with van der Waals surface area (Å²) in [6.45, 7) is 4.83. The zero-order valence-electron chi connectivity index (χ0n) is 10.8. The Morgan fingerprint density at radius 2 is 1.89 bits per heavy atom. The Kier molecular flexibility index (Phi) is 3.06. The van der Waals surface area contributed by atoms with E-state index in [1.54, 1.807) is 0 Å². The molecule has 4 nitrogen and oxygen atoms in total. The van der Waals surface area contributed by atoms with Crippen molar-refractivity contribution >= 4 is 27.0 Å². The van der Waals surface area contributed by atoms with Crippen LogP contribution in [0.4, 0.5) is 0 Å². The molecule has 1 aromatic carbocycles. The molecule has 19 heavy (non-hydrogen) atoms. The van der Waals surface area contributed by atoms with Gasteiger partial charge in [-0.05, 0) is 29.8 Å². The van der Waals surface area contributed by atoms with Crippen LogP contribution in [0.3, 0.4) is 0 Å². The third-order valence-corrected chi connectivity index (χ3v) is 3.89. The Balaban J connectivity index is 2.30. The number of aryl methyl sites for hydroxylation is 2. The zero-order valence-corrected chi connectivity index (χ0v) is 12.3. The second kappa shape index (κ2) is 4.74. The molecule has 0 unspecified atom stereocenters. The van der Waals surface area contributed by atoms with Crippen molar-refractivity contribution in [3.63, 3.8) is 0 Å². The lowest BCUT2D eigenvalue weighted by Gasteiger charge is -2.04. The molecule has 3 rings (SSSR count). The minimum atomic E-state index is 0.788. The molecule has 3 aromatic rings. The van der Waals surface area contributed by atoms with E-state index in [0.717, 1.165) is 39.0 Å². The molecule has 0 amide bonds. The average Bonchev–Trinajstić information content (AvgIpc) is 2.77. The molecule has 96 valence electrons. The number of fused-ring (bicyclic) bond motifs is 1. The summed E-state index contributed by atoms with van der Waals surface area (Å²) >= 11 is 3.66. The van der Waals surface area contributed by atoms with Gasteiger partial charge < -0.3 is 0 Å². The highest BCUT2D eigenvalue weighted by Gasteiger charge is 2.16. The molecule has 2 heterocycles. The van der Waals surface area contributed by atoms with Gasteiger partial charge in [-0.3, -0.25) is 0 Å². The number of hydrogen-bond acceptors (Lipinski definition) is 3. The summed E-state index contributed by atoms with van der Waals surface area (Å²) in [7, 11) is 0. The fraction of sp³-hybridized carbons (Fsp3) is 0.214. The van der Waals surface area contributed by atoms with E-state index in [4.69, 9.17) is 0 Å². The van der Waals surface area contributed by atoms with Gasteiger partial charge in [0, 0.05) is 12.1 Å². The summed E-state index contributed by atoms with van der Waals surface area (Å²) in [4.78, 5) is 0. The van der Waals surface area contributed by atoms with Crippen LogP contribution in [0.25, 0.3) is 22.3 Å². The zero-order chi connectivity index (χ0) is 13.4. The molecular weight excluding hydrogens is 304 g/mol. The van der Waals surface area contributed by atoms with E-state index < -0.39 is 0 Å². The van der Waals surface area contributed by atoms with Gasteiger partial charge in [-0.25, -0.2) is 4.68 Å². The maximum atomic E-state index is 4.49. The lowest BCUT2D eigenvalue weighted by atomic mass is 10.1. The standard InChI is InChI=1S/C14H13BrN4/c1-3-19-14-11(9(2)18-19)12(15)13(16-17-14)10-7-5-4-6-8-10/h4-8H,3H2,1-2H3. The average molecular weight is 317 g/mol. The van der Waals surface area contributed by atoms with Crippen LogP contribution in [0, 0.1) is 6.92 Å². The molecule has 0 saturated heterocycles. The van der Waals surface area contributed by atoms with Crippen molar-refractivity contribution < 1.29 is 0 Å². The van der Waals surface area contributed by atoms with Crippen LogP contribution in [0.1, 0.15) is 12.6 Å². The minimum absolute atomic E-state index is 0.788. The summed E-state index contributed by atoms with van der Waals surface area (Å²) in [5.74, 6) is 0. The normalized spacial score (nSPS) is 11.1. The Morgan fingerprint density at radius 3 is 2.58 bits per heavy atom. The van der Waals surface area contributed by atoms with Gasteiger partial charge in [0.2, 0.25) is 0 Å². The number of hydrogen-bond donors (Lipinski definition) is 0. The van der Waals surface area contributed by atoms with E-state index in [1.165, 1.54) is 0 Å². The first-order valence-electron chi connectivity index (χ1n) is 6.17. The smallest absolute Gasteiger partial charge is 0.181 e. The third-order valence-electron chi connectivity index (χ3n) is 3.12. The van der Waals surface area contributed by atoms with Gasteiger partial charge >= 0.3 is 0 Å². The SMILES string of the molecule is CCn1nc(C)c2c(Br)c(-c3ccccc3)nnc21. The predicted octanol–water partition coefficient (Wildman–Crippen LogP) is 3.58. The van der Waals surface area contributed by atoms with E-state index in [9.17, 15) is 0 Å². The molecule has 0 spiro atoms. The molecule has 0 atom stereocenters. The van der Waals surface area contributed by atoms with Crippen LogP contribution in [0.2, 0.25) is 0 Å². The van der Waals surface area contributed by atoms with E-state index >= 15 is 0 Å². The van der Waals surface area contributed by atoms with Crippen LogP contribution in [-0.2, 0) is 6.54 Å². The number of benzene rings is 1. The second-order valence-electron chi connectivity index (χ2n) is 4.33. The fourth-order valence-electron chi connectivity index (χ4n) is 2.19. The van der Waals surface area contributed by atoms with Gasteiger partial charge in [-0.1, -0.05) is 30.3 Å². The number of aromatic nitrogens is 4. The van der Waals surface area contributed by atoms with Crippen LogP contribution in [0.5, 0.6) is 0 Å². The van der Waals surface area contributed by atoms with Crippen molar-refractivity contribution in [1.82, 2.24) is 20.0 Å². The molecule has 0 radical (unpaired) electrons. The largest absolute Gasteiger partial charge is 0.246 e. The fourth-order valence-corrected chi connectivity index (χ4v) is 2.96. The number of rotatable bonds is 2. The Morgan fingerprint density at radius 1 is 1.16 bits per heavy atom. The molecular formula is C14H13BrN4. The molecule has 5 heteroatoms. The van der Waals surface area contributed by atoms with Crippen molar-refractivity contribution in [2.75, 3.05) is 0 Å². The molecule has 0 aliphatic heterocycles. The molecule has 0 aliphatic carbocycles. The van der Waals surface area contributed by atoms with Gasteiger partial charge in [0.1, 0.15) is 5.69 Å². The predicted molar refractivity (Wildman–Crippen MR) is 78.9 cm³/mol. The maximum Gasteiger partial charge on any atom is 0.181 e. The molecule has 0 bridgehead atoms. The quantitative estimate of drug-likeness (QED) is 0.725. The van der Waals surface area contributed by atoms with Gasteiger partial charge in [0.25, 0.3) is 0 Å². The van der Waals surface area contributed by atoms with Gasteiger partial charge in [0.15, 0.2) is 5.65 Å². The topological polar surface area (TPSA) is 43.6 Å². The van der Waals surface area contributed by atoms with E-state index in [0.29, 0.717) is 0 Å². The van der Waals surface area contributed by atoms with Crippen LogP contribution < -0.4 is 0 Å². The van der Waals surface area contributed by atoms with Gasteiger partial charge in [0.05, 0.1) is 15.6 Å². The molecule has 0 aliphatic rings. The Hall–Kier alpha value is -1.75. The summed E-state index contributed by atoms with van der Waals surface area (Å²) in [5.41, 5.74) is 3.70. The summed E-state index contributed by atoms with van der Waals surface area (Å²) in [6, 6.07) is 10.0.